The molecule has 0 atom stereocenters. The van der Waals surface area contributed by atoms with Crippen molar-refractivity contribution in [2.75, 3.05) is 5.32 Å². The number of benzene rings is 2. The summed E-state index contributed by atoms with van der Waals surface area (Å²) < 4.78 is 1.48. The van der Waals surface area contributed by atoms with Crippen molar-refractivity contribution in [2.24, 2.45) is 4.99 Å². The summed E-state index contributed by atoms with van der Waals surface area (Å²) in [5, 5.41) is 26.0. The number of fused-ring (bicyclic) bond motifs is 2. The molecule has 1 aliphatic rings. The summed E-state index contributed by atoms with van der Waals surface area (Å²) in [5.74, 6) is -0.306. The van der Waals surface area contributed by atoms with E-state index in [4.69, 9.17) is 0 Å². The number of pyridine rings is 1. The number of nitro groups is 1. The molecule has 3 aromatic rings. The molecule has 0 saturated carbocycles. The fourth-order valence-corrected chi connectivity index (χ4v) is 3.34. The van der Waals surface area contributed by atoms with Crippen molar-refractivity contribution in [1.82, 2.24) is 4.57 Å². The molecule has 2 aromatic carbocycles. The predicted octanol–water partition coefficient (Wildman–Crippen LogP) is 3.50. The largest absolute Gasteiger partial charge is 0.506 e. The van der Waals surface area contributed by atoms with E-state index >= 15 is 0 Å². The van der Waals surface area contributed by atoms with Gasteiger partial charge in [-0.25, -0.2) is 4.99 Å². The van der Waals surface area contributed by atoms with E-state index in [0.29, 0.717) is 28.8 Å². The average molecular weight is 376 g/mol. The van der Waals surface area contributed by atoms with Crippen LogP contribution in [-0.4, -0.2) is 20.8 Å². The first kappa shape index (κ1) is 17.5. The monoisotopic (exact) mass is 376 g/mol. The molecule has 4 rings (SSSR count). The molecule has 2 heterocycles. The van der Waals surface area contributed by atoms with Crippen LogP contribution in [0, 0.1) is 10.1 Å². The Morgan fingerprint density at radius 2 is 1.89 bits per heavy atom. The molecule has 28 heavy (non-hydrogen) atoms. The zero-order chi connectivity index (χ0) is 19.8. The van der Waals surface area contributed by atoms with Gasteiger partial charge in [0.25, 0.3) is 5.56 Å². The third-order valence-electron chi connectivity index (χ3n) is 4.65. The summed E-state index contributed by atoms with van der Waals surface area (Å²) in [6.45, 7) is 2.15. The molecule has 140 valence electrons. The third kappa shape index (κ3) is 2.62. The number of rotatable bonds is 3. The van der Waals surface area contributed by atoms with E-state index in [2.05, 4.69) is 10.3 Å². The maximum absolute atomic E-state index is 13.2. The highest BCUT2D eigenvalue weighted by Crippen LogP contribution is 2.36. The van der Waals surface area contributed by atoms with Gasteiger partial charge >= 0.3 is 5.70 Å². The maximum atomic E-state index is 13.2. The Labute approximate surface area is 159 Å². The third-order valence-corrected chi connectivity index (χ3v) is 4.65. The van der Waals surface area contributed by atoms with Gasteiger partial charge in [-0.2, -0.15) is 0 Å². The maximum Gasteiger partial charge on any atom is 0.311 e. The number of aromatic nitrogens is 1. The number of aryl methyl sites for hydroxylation is 1. The Balaban J connectivity index is 2.09. The molecule has 0 aliphatic carbocycles. The summed E-state index contributed by atoms with van der Waals surface area (Å²) in [7, 11) is 0. The molecule has 8 nitrogen and oxygen atoms in total. The van der Waals surface area contributed by atoms with Crippen molar-refractivity contribution in [3.63, 3.8) is 0 Å². The minimum atomic E-state index is -0.623. The zero-order valence-corrected chi connectivity index (χ0v) is 14.9. The van der Waals surface area contributed by atoms with E-state index in [1.807, 2.05) is 0 Å². The number of hydrogen-bond acceptors (Lipinski definition) is 6. The summed E-state index contributed by atoms with van der Waals surface area (Å²) >= 11 is 0. The van der Waals surface area contributed by atoms with Gasteiger partial charge < -0.3 is 15.0 Å². The molecule has 0 saturated heterocycles. The minimum absolute atomic E-state index is 0.0887. The van der Waals surface area contributed by atoms with Crippen molar-refractivity contribution in [2.45, 2.75) is 13.5 Å². The first-order chi connectivity index (χ1) is 13.5. The Morgan fingerprint density at radius 1 is 1.18 bits per heavy atom. The molecule has 1 aromatic heterocycles. The Kier molecular flexibility index (Phi) is 4.15. The van der Waals surface area contributed by atoms with Crippen molar-refractivity contribution in [3.05, 3.63) is 80.3 Å². The van der Waals surface area contributed by atoms with Gasteiger partial charge in [-0.05, 0) is 31.2 Å². The van der Waals surface area contributed by atoms with Crippen LogP contribution in [0.15, 0.2) is 64.0 Å². The van der Waals surface area contributed by atoms with Gasteiger partial charge in [0.15, 0.2) is 0 Å². The number of allylic oxidation sites excluding steroid dienone is 1. The average Bonchev–Trinajstić information content (AvgIpc) is 2.88. The van der Waals surface area contributed by atoms with Gasteiger partial charge in [-0.15, -0.1) is 0 Å². The Morgan fingerprint density at radius 3 is 2.64 bits per heavy atom. The summed E-state index contributed by atoms with van der Waals surface area (Å²) in [5.41, 5.74) is 0.384. The van der Waals surface area contributed by atoms with Crippen molar-refractivity contribution in [1.29, 1.82) is 0 Å². The highest BCUT2D eigenvalue weighted by Gasteiger charge is 2.28. The van der Waals surface area contributed by atoms with E-state index in [9.17, 15) is 20.0 Å². The normalized spacial score (nSPS) is 13.2. The lowest BCUT2D eigenvalue weighted by atomic mass is 10.1. The number of aromatic hydroxyl groups is 1. The van der Waals surface area contributed by atoms with Crippen LogP contribution in [0.25, 0.3) is 16.6 Å². The molecule has 1 aliphatic heterocycles. The van der Waals surface area contributed by atoms with E-state index in [1.54, 1.807) is 55.5 Å². The van der Waals surface area contributed by atoms with Crippen LogP contribution >= 0.6 is 0 Å². The van der Waals surface area contributed by atoms with Gasteiger partial charge in [0.05, 0.1) is 21.8 Å². The molecule has 0 spiro atoms. The van der Waals surface area contributed by atoms with E-state index in [0.717, 1.165) is 6.21 Å². The summed E-state index contributed by atoms with van der Waals surface area (Å²) in [6.07, 6.45) is 1.10. The van der Waals surface area contributed by atoms with Gasteiger partial charge in [-0.1, -0.05) is 24.3 Å². The molecule has 0 radical (unpaired) electrons. The first-order valence-corrected chi connectivity index (χ1v) is 8.66. The lowest BCUT2D eigenvalue weighted by Crippen LogP contribution is -2.26. The van der Waals surface area contributed by atoms with Crippen LogP contribution in [0.2, 0.25) is 0 Å². The van der Waals surface area contributed by atoms with Gasteiger partial charge in [-0.3, -0.25) is 14.9 Å². The Bertz CT molecular complexity index is 1240. The molecule has 0 fully saturated rings. The number of para-hydroxylation sites is 3. The number of nitrogens with zero attached hydrogens (tertiary/aromatic N) is 3. The first-order valence-electron chi connectivity index (χ1n) is 8.66. The van der Waals surface area contributed by atoms with Crippen LogP contribution in [0.1, 0.15) is 12.5 Å². The smallest absolute Gasteiger partial charge is 0.311 e. The number of aliphatic imine (C=N–C) groups is 1. The number of hydrogen-bond donors (Lipinski definition) is 2. The van der Waals surface area contributed by atoms with Crippen LogP contribution in [0.5, 0.6) is 5.75 Å². The second-order valence-electron chi connectivity index (χ2n) is 6.21. The van der Waals surface area contributed by atoms with Crippen LogP contribution in [0.4, 0.5) is 11.4 Å². The quantitative estimate of drug-likeness (QED) is 0.537. The predicted molar refractivity (Wildman–Crippen MR) is 108 cm³/mol. The molecule has 0 unspecified atom stereocenters. The lowest BCUT2D eigenvalue weighted by molar-refractivity contribution is -0.413. The highest BCUT2D eigenvalue weighted by molar-refractivity contribution is 6.01. The molecule has 8 heteroatoms. The number of anilines is 1. The second kappa shape index (κ2) is 6.66. The summed E-state index contributed by atoms with van der Waals surface area (Å²) in [6, 6.07) is 13.8. The van der Waals surface area contributed by atoms with Crippen LogP contribution in [0.3, 0.4) is 0 Å². The number of nitrogens with one attached hydrogen (secondary N) is 1. The zero-order valence-electron chi connectivity index (χ0n) is 14.9. The van der Waals surface area contributed by atoms with E-state index in [1.165, 1.54) is 4.57 Å². The molecular weight excluding hydrogens is 360 g/mol. The van der Waals surface area contributed by atoms with Gasteiger partial charge in [0.2, 0.25) is 0 Å². The topological polar surface area (TPSA) is 110 Å². The SMILES string of the molecule is CCn1c(=O)c(C2=C([N+](=O)[O-])C=Nc3ccccc3N2)c(O)c2ccccc21. The van der Waals surface area contributed by atoms with Gasteiger partial charge in [0, 0.05) is 11.9 Å². The Hall–Kier alpha value is -3.94. The van der Waals surface area contributed by atoms with Crippen molar-refractivity contribution >= 4 is 34.2 Å². The minimum Gasteiger partial charge on any atom is -0.506 e. The lowest BCUT2D eigenvalue weighted by Gasteiger charge is -2.16. The fourth-order valence-electron chi connectivity index (χ4n) is 3.34. The molecule has 0 amide bonds. The highest BCUT2D eigenvalue weighted by atomic mass is 16.6. The second-order valence-corrected chi connectivity index (χ2v) is 6.21. The van der Waals surface area contributed by atoms with Gasteiger partial charge in [0.1, 0.15) is 23.2 Å². The van der Waals surface area contributed by atoms with E-state index < -0.39 is 16.2 Å². The fraction of sp³-hybridized carbons (Fsp3) is 0.100. The van der Waals surface area contributed by atoms with Crippen molar-refractivity contribution < 1.29 is 10.0 Å². The van der Waals surface area contributed by atoms with E-state index in [-0.39, 0.29) is 17.0 Å². The van der Waals surface area contributed by atoms with Crippen LogP contribution in [-0.2, 0) is 6.54 Å². The van der Waals surface area contributed by atoms with Crippen molar-refractivity contribution in [3.8, 4) is 5.75 Å². The molecule has 2 N–H and O–H groups in total. The molecular formula is C20H16N4O4. The summed E-state index contributed by atoms with van der Waals surface area (Å²) in [4.78, 5) is 28.4. The molecule has 0 bridgehead atoms. The standard InChI is InChI=1S/C20H16N4O4/c1-2-23-15-10-6-3-7-12(15)19(25)17(20(23)26)18-16(24(27)28)11-21-13-8-4-5-9-14(13)22-18/h3-11,22,25H,2H2,1H3. The van der Waals surface area contributed by atoms with Crippen LogP contribution < -0.4 is 10.9 Å².